The third-order valence-corrected chi connectivity index (χ3v) is 8.77. The topological polar surface area (TPSA) is 86.8 Å². The molecule has 0 bridgehead atoms. The minimum absolute atomic E-state index is 0.00664. The number of unbranched alkanes of at least 4 members (excludes halogenated alkanes) is 1. The number of carbonyl (C=O) groups excluding carboxylic acids is 2. The number of nitrogens with one attached hydrogen (secondary N) is 1. The van der Waals surface area contributed by atoms with E-state index in [9.17, 15) is 22.4 Å². The lowest BCUT2D eigenvalue weighted by Gasteiger charge is -2.32. The van der Waals surface area contributed by atoms with E-state index in [1.165, 1.54) is 29.2 Å². The summed E-state index contributed by atoms with van der Waals surface area (Å²) in [7, 11) is -4.15. The molecule has 7 nitrogen and oxygen atoms in total. The van der Waals surface area contributed by atoms with Gasteiger partial charge in [-0.25, -0.2) is 12.8 Å². The van der Waals surface area contributed by atoms with Crippen LogP contribution in [-0.2, 0) is 26.2 Å². The Kier molecular flexibility index (Phi) is 10.5. The Morgan fingerprint density at radius 3 is 2.23 bits per heavy atom. The van der Waals surface area contributed by atoms with Crippen molar-refractivity contribution in [3.8, 4) is 0 Å². The summed E-state index contributed by atoms with van der Waals surface area (Å²) >= 11 is 0. The number of aryl methyl sites for hydroxylation is 2. The van der Waals surface area contributed by atoms with E-state index in [0.29, 0.717) is 17.8 Å². The van der Waals surface area contributed by atoms with Crippen LogP contribution in [0.15, 0.2) is 71.6 Å². The van der Waals surface area contributed by atoms with Crippen LogP contribution in [0.25, 0.3) is 0 Å². The molecular formula is C31H38FN3O4S. The summed E-state index contributed by atoms with van der Waals surface area (Å²) in [4.78, 5) is 28.4. The Hall–Kier alpha value is -3.72. The first-order valence-electron chi connectivity index (χ1n) is 13.4. The lowest BCUT2D eigenvalue weighted by atomic mass is 10.1. The van der Waals surface area contributed by atoms with Crippen molar-refractivity contribution in [2.45, 2.75) is 64.9 Å². The highest BCUT2D eigenvalue weighted by molar-refractivity contribution is 7.92. The summed E-state index contributed by atoms with van der Waals surface area (Å²) in [6, 6.07) is 16.5. The fourth-order valence-electron chi connectivity index (χ4n) is 4.26. The van der Waals surface area contributed by atoms with Gasteiger partial charge in [0.15, 0.2) is 0 Å². The zero-order chi connectivity index (χ0) is 29.4. The Bertz CT molecular complexity index is 1420. The van der Waals surface area contributed by atoms with Crippen LogP contribution in [0.1, 0.15) is 48.9 Å². The standard InChI is InChI=1S/C31H38FN3O4S/c1-6-7-19-33-31(37)25(5)34(20-26-13-15-27(32)16-14-26)30(36)21-35(29-10-8-9-23(3)24(29)4)40(38,39)28-17-11-22(2)12-18-28/h8-18,25H,6-7,19-21H2,1-5H3,(H,33,37). The Morgan fingerprint density at radius 1 is 0.950 bits per heavy atom. The lowest BCUT2D eigenvalue weighted by Crippen LogP contribution is -2.51. The predicted molar refractivity (Wildman–Crippen MR) is 156 cm³/mol. The normalized spacial score (nSPS) is 12.1. The Balaban J connectivity index is 2.04. The molecule has 0 saturated heterocycles. The smallest absolute Gasteiger partial charge is 0.264 e. The van der Waals surface area contributed by atoms with Gasteiger partial charge in [0.05, 0.1) is 10.6 Å². The van der Waals surface area contributed by atoms with Crippen molar-refractivity contribution in [1.82, 2.24) is 10.2 Å². The van der Waals surface area contributed by atoms with Crippen molar-refractivity contribution < 1.29 is 22.4 Å². The molecule has 1 atom stereocenters. The summed E-state index contributed by atoms with van der Waals surface area (Å²) < 4.78 is 42.6. The fourth-order valence-corrected chi connectivity index (χ4v) is 5.73. The molecule has 1 unspecified atom stereocenters. The number of benzene rings is 3. The first-order chi connectivity index (χ1) is 18.9. The molecule has 0 aromatic heterocycles. The number of anilines is 1. The molecule has 3 aromatic rings. The van der Waals surface area contributed by atoms with Crippen LogP contribution >= 0.6 is 0 Å². The molecular weight excluding hydrogens is 529 g/mol. The van der Waals surface area contributed by atoms with Crippen LogP contribution in [0.5, 0.6) is 0 Å². The third kappa shape index (κ3) is 7.47. The molecule has 0 spiro atoms. The minimum Gasteiger partial charge on any atom is -0.354 e. The molecule has 40 heavy (non-hydrogen) atoms. The highest BCUT2D eigenvalue weighted by Crippen LogP contribution is 2.29. The van der Waals surface area contributed by atoms with Crippen LogP contribution in [0, 0.1) is 26.6 Å². The number of nitrogens with zero attached hydrogens (tertiary/aromatic N) is 2. The molecule has 0 heterocycles. The van der Waals surface area contributed by atoms with Gasteiger partial charge in [-0.2, -0.15) is 0 Å². The second kappa shape index (κ2) is 13.6. The molecule has 0 aliphatic heterocycles. The first kappa shape index (κ1) is 30.8. The van der Waals surface area contributed by atoms with E-state index in [0.717, 1.165) is 33.8 Å². The van der Waals surface area contributed by atoms with Crippen LogP contribution in [0.4, 0.5) is 10.1 Å². The quantitative estimate of drug-likeness (QED) is 0.302. The van der Waals surface area contributed by atoms with Gasteiger partial charge in [0.2, 0.25) is 11.8 Å². The van der Waals surface area contributed by atoms with E-state index in [2.05, 4.69) is 5.32 Å². The average molecular weight is 568 g/mol. The summed E-state index contributed by atoms with van der Waals surface area (Å²) in [6.45, 7) is 9.13. The van der Waals surface area contributed by atoms with E-state index >= 15 is 0 Å². The first-order valence-corrected chi connectivity index (χ1v) is 14.9. The largest absolute Gasteiger partial charge is 0.354 e. The summed E-state index contributed by atoms with van der Waals surface area (Å²) in [5.41, 5.74) is 3.50. The molecule has 0 aliphatic rings. The molecule has 3 rings (SSSR count). The van der Waals surface area contributed by atoms with Crippen molar-refractivity contribution in [3.63, 3.8) is 0 Å². The molecule has 2 amide bonds. The highest BCUT2D eigenvalue weighted by Gasteiger charge is 2.33. The van der Waals surface area contributed by atoms with Crippen LogP contribution < -0.4 is 9.62 Å². The third-order valence-electron chi connectivity index (χ3n) is 7.00. The van der Waals surface area contributed by atoms with E-state index < -0.39 is 34.3 Å². The van der Waals surface area contributed by atoms with E-state index in [-0.39, 0.29) is 17.3 Å². The second-order valence-corrected chi connectivity index (χ2v) is 11.9. The van der Waals surface area contributed by atoms with Gasteiger partial charge in [-0.15, -0.1) is 0 Å². The zero-order valence-corrected chi connectivity index (χ0v) is 24.6. The van der Waals surface area contributed by atoms with E-state index in [1.54, 1.807) is 43.3 Å². The number of sulfonamides is 1. The minimum atomic E-state index is -4.15. The molecule has 0 radical (unpaired) electrons. The SMILES string of the molecule is CCCCNC(=O)C(C)N(Cc1ccc(F)cc1)C(=O)CN(c1cccc(C)c1C)S(=O)(=O)c1ccc(C)cc1. The van der Waals surface area contributed by atoms with Gasteiger partial charge in [0.1, 0.15) is 18.4 Å². The molecule has 214 valence electrons. The lowest BCUT2D eigenvalue weighted by molar-refractivity contribution is -0.139. The Labute approximate surface area is 237 Å². The van der Waals surface area contributed by atoms with Crippen LogP contribution in [-0.4, -0.2) is 44.3 Å². The van der Waals surface area contributed by atoms with Gasteiger partial charge >= 0.3 is 0 Å². The maximum Gasteiger partial charge on any atom is 0.264 e. The fraction of sp³-hybridized carbons (Fsp3) is 0.355. The molecule has 0 fully saturated rings. The Morgan fingerprint density at radius 2 is 1.60 bits per heavy atom. The van der Waals surface area contributed by atoms with E-state index in [1.807, 2.05) is 33.8 Å². The summed E-state index contributed by atoms with van der Waals surface area (Å²) in [6.07, 6.45) is 1.69. The van der Waals surface area contributed by atoms with Gasteiger partial charge < -0.3 is 10.2 Å². The molecule has 3 aromatic carbocycles. The molecule has 1 N–H and O–H groups in total. The number of hydrogen-bond acceptors (Lipinski definition) is 4. The van der Waals surface area contributed by atoms with Crippen molar-refractivity contribution in [1.29, 1.82) is 0 Å². The number of halogens is 1. The van der Waals surface area contributed by atoms with Gasteiger partial charge in [-0.05, 0) is 81.1 Å². The second-order valence-electron chi connectivity index (χ2n) is 10.0. The van der Waals surface area contributed by atoms with Gasteiger partial charge in [-0.1, -0.05) is 55.3 Å². The maximum absolute atomic E-state index is 14.0. The van der Waals surface area contributed by atoms with E-state index in [4.69, 9.17) is 0 Å². The van der Waals surface area contributed by atoms with Crippen molar-refractivity contribution >= 4 is 27.5 Å². The van der Waals surface area contributed by atoms with Gasteiger partial charge in [-0.3, -0.25) is 13.9 Å². The number of hydrogen-bond donors (Lipinski definition) is 1. The number of amides is 2. The molecule has 0 aliphatic carbocycles. The van der Waals surface area contributed by atoms with Crippen LogP contribution in [0.3, 0.4) is 0 Å². The van der Waals surface area contributed by atoms with Crippen molar-refractivity contribution in [2.75, 3.05) is 17.4 Å². The van der Waals surface area contributed by atoms with Crippen LogP contribution in [0.2, 0.25) is 0 Å². The zero-order valence-electron chi connectivity index (χ0n) is 23.8. The molecule has 0 saturated carbocycles. The van der Waals surface area contributed by atoms with Gasteiger partial charge in [0, 0.05) is 13.1 Å². The van der Waals surface area contributed by atoms with Crippen molar-refractivity contribution in [3.05, 3.63) is 94.8 Å². The maximum atomic E-state index is 14.0. The summed E-state index contributed by atoms with van der Waals surface area (Å²) in [5.74, 6) is -1.32. The monoisotopic (exact) mass is 567 g/mol. The molecule has 9 heteroatoms. The summed E-state index contributed by atoms with van der Waals surface area (Å²) in [5, 5.41) is 2.85. The van der Waals surface area contributed by atoms with Crippen molar-refractivity contribution in [2.24, 2.45) is 0 Å². The number of carbonyl (C=O) groups is 2. The average Bonchev–Trinajstić information content (AvgIpc) is 2.93. The van der Waals surface area contributed by atoms with Gasteiger partial charge in [0.25, 0.3) is 10.0 Å². The predicted octanol–water partition coefficient (Wildman–Crippen LogP) is 5.28. The number of rotatable bonds is 12. The highest BCUT2D eigenvalue weighted by atomic mass is 32.2.